The van der Waals surface area contributed by atoms with Gasteiger partial charge in [0.05, 0.1) is 19.6 Å². The minimum absolute atomic E-state index is 0.406. The van der Waals surface area contributed by atoms with E-state index < -0.39 is 12.0 Å². The summed E-state index contributed by atoms with van der Waals surface area (Å²) in [6, 6.07) is 1.16. The van der Waals surface area contributed by atoms with Gasteiger partial charge in [0.1, 0.15) is 6.04 Å². The first-order valence-electron chi connectivity index (χ1n) is 3.58. The molecule has 0 unspecified atom stereocenters. The highest BCUT2D eigenvalue weighted by Crippen LogP contribution is 2.03. The molecule has 66 valence electrons. The summed E-state index contributed by atoms with van der Waals surface area (Å²) in [6.07, 6.45) is 3.55. The third kappa shape index (κ3) is 2.10. The van der Waals surface area contributed by atoms with Crippen molar-refractivity contribution >= 4 is 5.97 Å². The van der Waals surface area contributed by atoms with Gasteiger partial charge in [-0.05, 0) is 11.6 Å². The van der Waals surface area contributed by atoms with E-state index in [1.165, 1.54) is 7.11 Å². The summed E-state index contributed by atoms with van der Waals surface area (Å²) in [7, 11) is 1.32. The van der Waals surface area contributed by atoms with Crippen molar-refractivity contribution in [3.05, 3.63) is 24.2 Å². The molecule has 0 bridgehead atoms. The number of furan rings is 1. The van der Waals surface area contributed by atoms with Gasteiger partial charge in [-0.15, -0.1) is 0 Å². The topological polar surface area (TPSA) is 65.5 Å². The fraction of sp³-hybridized carbons (Fsp3) is 0.375. The number of hydrogen-bond donors (Lipinski definition) is 1. The van der Waals surface area contributed by atoms with Crippen LogP contribution >= 0.6 is 0 Å². The molecule has 0 saturated heterocycles. The van der Waals surface area contributed by atoms with Gasteiger partial charge < -0.3 is 14.9 Å². The van der Waals surface area contributed by atoms with Crippen molar-refractivity contribution in [2.75, 3.05) is 7.11 Å². The number of ether oxygens (including phenoxy) is 1. The maximum Gasteiger partial charge on any atom is 0.322 e. The van der Waals surface area contributed by atoms with E-state index >= 15 is 0 Å². The van der Waals surface area contributed by atoms with Crippen molar-refractivity contribution in [3.63, 3.8) is 0 Å². The van der Waals surface area contributed by atoms with E-state index in [9.17, 15) is 4.79 Å². The molecule has 1 rings (SSSR count). The Kier molecular flexibility index (Phi) is 2.88. The highest BCUT2D eigenvalue weighted by molar-refractivity contribution is 5.75. The van der Waals surface area contributed by atoms with E-state index in [1.807, 2.05) is 0 Å². The fourth-order valence-corrected chi connectivity index (χ4v) is 0.897. The second-order valence-electron chi connectivity index (χ2n) is 2.47. The Morgan fingerprint density at radius 2 is 2.58 bits per heavy atom. The molecule has 0 aliphatic rings. The highest BCUT2D eigenvalue weighted by Gasteiger charge is 2.14. The van der Waals surface area contributed by atoms with Crippen LogP contribution in [0.5, 0.6) is 0 Å². The summed E-state index contributed by atoms with van der Waals surface area (Å²) in [4.78, 5) is 10.9. The number of methoxy groups -OCH3 is 1. The quantitative estimate of drug-likeness (QED) is 0.662. The number of esters is 1. The molecule has 4 heteroatoms. The van der Waals surface area contributed by atoms with Gasteiger partial charge in [0.15, 0.2) is 0 Å². The Bertz CT molecular complexity index is 243. The Morgan fingerprint density at radius 1 is 1.83 bits per heavy atom. The Labute approximate surface area is 70.3 Å². The molecule has 0 radical (unpaired) electrons. The number of hydrogen-bond acceptors (Lipinski definition) is 4. The molecule has 0 amide bonds. The van der Waals surface area contributed by atoms with Crippen LogP contribution in [0.3, 0.4) is 0 Å². The van der Waals surface area contributed by atoms with Crippen molar-refractivity contribution < 1.29 is 13.9 Å². The van der Waals surface area contributed by atoms with E-state index in [4.69, 9.17) is 10.2 Å². The zero-order valence-corrected chi connectivity index (χ0v) is 6.82. The van der Waals surface area contributed by atoms with Crippen molar-refractivity contribution in [2.45, 2.75) is 12.5 Å². The van der Waals surface area contributed by atoms with E-state index in [2.05, 4.69) is 4.74 Å². The average molecular weight is 169 g/mol. The van der Waals surface area contributed by atoms with Crippen LogP contribution in [-0.2, 0) is 16.0 Å². The summed E-state index contributed by atoms with van der Waals surface area (Å²) in [5.74, 6) is -0.406. The molecular formula is C8H11NO3. The van der Waals surface area contributed by atoms with E-state index in [0.29, 0.717) is 6.42 Å². The predicted molar refractivity (Wildman–Crippen MR) is 42.4 cm³/mol. The lowest BCUT2D eigenvalue weighted by atomic mass is 10.1. The van der Waals surface area contributed by atoms with Crippen LogP contribution in [-0.4, -0.2) is 19.1 Å². The zero-order chi connectivity index (χ0) is 8.97. The SMILES string of the molecule is COC(=O)[C@@H](N)Cc1ccoc1. The molecule has 4 nitrogen and oxygen atoms in total. The van der Waals surface area contributed by atoms with Gasteiger partial charge in [-0.2, -0.15) is 0 Å². The summed E-state index contributed by atoms with van der Waals surface area (Å²) in [5, 5.41) is 0. The second-order valence-corrected chi connectivity index (χ2v) is 2.47. The maximum absolute atomic E-state index is 10.9. The van der Waals surface area contributed by atoms with Gasteiger partial charge in [0.25, 0.3) is 0 Å². The summed E-state index contributed by atoms with van der Waals surface area (Å²) >= 11 is 0. The number of nitrogens with two attached hydrogens (primary N) is 1. The molecule has 0 spiro atoms. The van der Waals surface area contributed by atoms with Crippen LogP contribution in [0.15, 0.2) is 23.0 Å². The van der Waals surface area contributed by atoms with Gasteiger partial charge in [-0.25, -0.2) is 0 Å². The predicted octanol–water partition coefficient (Wildman–Crippen LogP) is 0.322. The maximum atomic E-state index is 10.9. The molecule has 1 aromatic heterocycles. The second kappa shape index (κ2) is 3.92. The van der Waals surface area contributed by atoms with Crippen LogP contribution in [0.1, 0.15) is 5.56 Å². The molecular weight excluding hydrogens is 158 g/mol. The lowest BCUT2D eigenvalue weighted by molar-refractivity contribution is -0.142. The first-order chi connectivity index (χ1) is 5.74. The van der Waals surface area contributed by atoms with Crippen molar-refractivity contribution in [2.24, 2.45) is 5.73 Å². The van der Waals surface area contributed by atoms with Crippen molar-refractivity contribution in [1.29, 1.82) is 0 Å². The van der Waals surface area contributed by atoms with Gasteiger partial charge in [0, 0.05) is 6.42 Å². The standard InChI is InChI=1S/C8H11NO3/c1-11-8(10)7(9)4-6-2-3-12-5-6/h2-3,5,7H,4,9H2,1H3/t7-/m0/s1. The molecule has 1 atom stereocenters. The van der Waals surface area contributed by atoms with Crippen molar-refractivity contribution in [3.8, 4) is 0 Å². The fourth-order valence-electron chi connectivity index (χ4n) is 0.897. The molecule has 0 fully saturated rings. The molecule has 1 aromatic rings. The summed E-state index contributed by atoms with van der Waals surface area (Å²) in [6.45, 7) is 0. The van der Waals surface area contributed by atoms with Gasteiger partial charge >= 0.3 is 5.97 Å². The molecule has 1 heterocycles. The smallest absolute Gasteiger partial charge is 0.322 e. The first kappa shape index (κ1) is 8.80. The molecule has 0 aromatic carbocycles. The molecule has 2 N–H and O–H groups in total. The van der Waals surface area contributed by atoms with Crippen LogP contribution in [0.2, 0.25) is 0 Å². The minimum Gasteiger partial charge on any atom is -0.472 e. The van der Waals surface area contributed by atoms with Gasteiger partial charge in [0.2, 0.25) is 0 Å². The van der Waals surface area contributed by atoms with E-state index in [-0.39, 0.29) is 0 Å². The van der Waals surface area contributed by atoms with Gasteiger partial charge in [-0.1, -0.05) is 0 Å². The minimum atomic E-state index is -0.604. The molecule has 0 saturated carbocycles. The first-order valence-corrected chi connectivity index (χ1v) is 3.58. The number of carbonyl (C=O) groups is 1. The Hall–Kier alpha value is -1.29. The van der Waals surface area contributed by atoms with Gasteiger partial charge in [-0.3, -0.25) is 4.79 Å². The Morgan fingerprint density at radius 3 is 3.08 bits per heavy atom. The largest absolute Gasteiger partial charge is 0.472 e. The zero-order valence-electron chi connectivity index (χ0n) is 6.82. The average Bonchev–Trinajstić information content (AvgIpc) is 2.55. The van der Waals surface area contributed by atoms with Crippen molar-refractivity contribution in [1.82, 2.24) is 0 Å². The van der Waals surface area contributed by atoms with E-state index in [0.717, 1.165) is 5.56 Å². The summed E-state index contributed by atoms with van der Waals surface area (Å²) in [5.41, 5.74) is 6.40. The number of carbonyl (C=O) groups excluding carboxylic acids is 1. The third-order valence-electron chi connectivity index (χ3n) is 1.54. The monoisotopic (exact) mass is 169 g/mol. The lowest BCUT2D eigenvalue weighted by Crippen LogP contribution is -2.33. The summed E-state index contributed by atoms with van der Waals surface area (Å²) < 4.78 is 9.29. The highest BCUT2D eigenvalue weighted by atomic mass is 16.5. The lowest BCUT2D eigenvalue weighted by Gasteiger charge is -2.06. The number of rotatable bonds is 3. The van der Waals surface area contributed by atoms with Crippen LogP contribution in [0.25, 0.3) is 0 Å². The third-order valence-corrected chi connectivity index (χ3v) is 1.54. The van der Waals surface area contributed by atoms with Crippen LogP contribution in [0, 0.1) is 0 Å². The van der Waals surface area contributed by atoms with E-state index in [1.54, 1.807) is 18.6 Å². The van der Waals surface area contributed by atoms with Crippen LogP contribution in [0.4, 0.5) is 0 Å². The molecule has 0 aliphatic heterocycles. The molecule has 12 heavy (non-hydrogen) atoms. The Balaban J connectivity index is 2.47. The normalized spacial score (nSPS) is 12.5. The van der Waals surface area contributed by atoms with Crippen LogP contribution < -0.4 is 5.73 Å². The molecule has 0 aliphatic carbocycles.